The maximum absolute atomic E-state index is 12.6. The van der Waals surface area contributed by atoms with Crippen LogP contribution in [-0.2, 0) is 9.53 Å². The Kier molecular flexibility index (Phi) is 6.92. The van der Waals surface area contributed by atoms with Crippen molar-refractivity contribution in [1.82, 2.24) is 15.3 Å². The summed E-state index contributed by atoms with van der Waals surface area (Å²) >= 11 is 6.14. The zero-order valence-electron chi connectivity index (χ0n) is 17.9. The van der Waals surface area contributed by atoms with E-state index in [2.05, 4.69) is 20.6 Å². The summed E-state index contributed by atoms with van der Waals surface area (Å²) in [7, 11) is 2.94. The molecule has 2 aromatic carbocycles. The zero-order valence-corrected chi connectivity index (χ0v) is 18.7. The Balaban J connectivity index is 1.72. The summed E-state index contributed by atoms with van der Waals surface area (Å²) in [6, 6.07) is 9.91. The van der Waals surface area contributed by atoms with Crippen LogP contribution < -0.4 is 20.1 Å². The molecular weight excluding hydrogens is 432 g/mol. The third-order valence-electron chi connectivity index (χ3n) is 5.40. The van der Waals surface area contributed by atoms with Crippen molar-refractivity contribution in [2.45, 2.75) is 25.0 Å². The number of benzene rings is 2. The van der Waals surface area contributed by atoms with Crippen LogP contribution in [0.4, 0.5) is 5.82 Å². The number of esters is 1. The fourth-order valence-electron chi connectivity index (χ4n) is 3.74. The molecule has 1 saturated heterocycles. The standard InChI is InChI=1S/C23H25ClN4O4/c1-30-19-12-18-17(11-20(19)32-16-6-8-25-9-7-16)22(27-13-26-18)28-21(23(29)31-2)14-4-3-5-15(24)10-14/h3-5,10-13,16,21,25H,6-9H2,1-2H3,(H,26,27,28). The number of fused-ring (bicyclic) bond motifs is 1. The predicted molar refractivity (Wildman–Crippen MR) is 122 cm³/mol. The van der Waals surface area contributed by atoms with E-state index in [1.165, 1.54) is 13.4 Å². The van der Waals surface area contributed by atoms with Gasteiger partial charge in [0.25, 0.3) is 0 Å². The second-order valence-electron chi connectivity index (χ2n) is 7.47. The number of ether oxygens (including phenoxy) is 3. The van der Waals surface area contributed by atoms with Gasteiger partial charge in [-0.15, -0.1) is 0 Å². The topological polar surface area (TPSA) is 94.6 Å². The molecular formula is C23H25ClN4O4. The van der Waals surface area contributed by atoms with E-state index in [0.29, 0.717) is 38.8 Å². The van der Waals surface area contributed by atoms with Crippen molar-refractivity contribution in [2.24, 2.45) is 0 Å². The summed E-state index contributed by atoms with van der Waals surface area (Å²) in [5.41, 5.74) is 1.32. The van der Waals surface area contributed by atoms with Crippen molar-refractivity contribution < 1.29 is 19.0 Å². The Morgan fingerprint density at radius 1 is 1.16 bits per heavy atom. The monoisotopic (exact) mass is 456 g/mol. The van der Waals surface area contributed by atoms with Gasteiger partial charge in [0.1, 0.15) is 18.2 Å². The molecule has 4 rings (SSSR count). The first-order valence-electron chi connectivity index (χ1n) is 10.4. The summed E-state index contributed by atoms with van der Waals surface area (Å²) in [6.07, 6.45) is 3.36. The molecule has 0 amide bonds. The molecule has 3 aromatic rings. The molecule has 0 saturated carbocycles. The van der Waals surface area contributed by atoms with Crippen LogP contribution in [-0.4, -0.2) is 49.4 Å². The average molecular weight is 457 g/mol. The minimum atomic E-state index is -0.798. The number of carbonyl (C=O) groups excluding carboxylic acids is 1. The van der Waals surface area contributed by atoms with Crippen LogP contribution in [0.25, 0.3) is 10.9 Å². The van der Waals surface area contributed by atoms with Crippen LogP contribution in [0.3, 0.4) is 0 Å². The molecule has 2 heterocycles. The van der Waals surface area contributed by atoms with Gasteiger partial charge in [0.05, 0.1) is 19.7 Å². The van der Waals surface area contributed by atoms with Crippen LogP contribution in [0.5, 0.6) is 11.5 Å². The van der Waals surface area contributed by atoms with E-state index in [-0.39, 0.29) is 6.10 Å². The van der Waals surface area contributed by atoms with Crippen LogP contribution in [0.2, 0.25) is 5.02 Å². The van der Waals surface area contributed by atoms with Crippen molar-refractivity contribution >= 4 is 34.3 Å². The maximum Gasteiger partial charge on any atom is 0.333 e. The van der Waals surface area contributed by atoms with Crippen molar-refractivity contribution in [3.05, 3.63) is 53.3 Å². The molecule has 0 radical (unpaired) electrons. The molecule has 0 bridgehead atoms. The molecule has 0 aliphatic carbocycles. The molecule has 1 aromatic heterocycles. The van der Waals surface area contributed by atoms with E-state index >= 15 is 0 Å². The molecule has 1 aliphatic heterocycles. The van der Waals surface area contributed by atoms with Gasteiger partial charge in [-0.1, -0.05) is 23.7 Å². The maximum atomic E-state index is 12.6. The lowest BCUT2D eigenvalue weighted by molar-refractivity contribution is -0.141. The highest BCUT2D eigenvalue weighted by Crippen LogP contribution is 2.36. The summed E-state index contributed by atoms with van der Waals surface area (Å²) in [5.74, 6) is 1.23. The van der Waals surface area contributed by atoms with Gasteiger partial charge in [-0.3, -0.25) is 0 Å². The largest absolute Gasteiger partial charge is 0.493 e. The van der Waals surface area contributed by atoms with E-state index in [0.717, 1.165) is 25.9 Å². The SMILES string of the molecule is COC(=O)C(Nc1ncnc2cc(OC)c(OC3CCNCC3)cc12)c1cccc(Cl)c1. The Hall–Kier alpha value is -3.10. The lowest BCUT2D eigenvalue weighted by atomic mass is 10.1. The fourth-order valence-corrected chi connectivity index (χ4v) is 3.94. The highest BCUT2D eigenvalue weighted by molar-refractivity contribution is 6.30. The van der Waals surface area contributed by atoms with Crippen molar-refractivity contribution in [2.75, 3.05) is 32.6 Å². The summed E-state index contributed by atoms with van der Waals surface area (Å²) in [6.45, 7) is 1.83. The molecule has 8 nitrogen and oxygen atoms in total. The zero-order chi connectivity index (χ0) is 22.5. The normalized spacial score (nSPS) is 15.2. The van der Waals surface area contributed by atoms with E-state index in [4.69, 9.17) is 25.8 Å². The first-order valence-corrected chi connectivity index (χ1v) is 10.8. The number of halogens is 1. The second kappa shape index (κ2) is 10.0. The number of rotatable bonds is 7. The van der Waals surface area contributed by atoms with E-state index in [1.807, 2.05) is 12.1 Å². The summed E-state index contributed by atoms with van der Waals surface area (Å²) in [4.78, 5) is 21.3. The number of nitrogens with zero attached hydrogens (tertiary/aromatic N) is 2. The smallest absolute Gasteiger partial charge is 0.333 e. The van der Waals surface area contributed by atoms with Crippen LogP contribution >= 0.6 is 11.6 Å². The Morgan fingerprint density at radius 2 is 1.97 bits per heavy atom. The third kappa shape index (κ3) is 4.87. The first-order chi connectivity index (χ1) is 15.6. The van der Waals surface area contributed by atoms with Gasteiger partial charge >= 0.3 is 5.97 Å². The van der Waals surface area contributed by atoms with Crippen molar-refractivity contribution in [3.8, 4) is 11.5 Å². The molecule has 1 fully saturated rings. The average Bonchev–Trinajstić information content (AvgIpc) is 2.82. The number of anilines is 1. The number of hydrogen-bond donors (Lipinski definition) is 2. The molecule has 168 valence electrons. The summed E-state index contributed by atoms with van der Waals surface area (Å²) in [5, 5.41) is 7.75. The molecule has 1 unspecified atom stereocenters. The van der Waals surface area contributed by atoms with Crippen LogP contribution in [0.1, 0.15) is 24.4 Å². The minimum absolute atomic E-state index is 0.0953. The van der Waals surface area contributed by atoms with Crippen molar-refractivity contribution in [3.63, 3.8) is 0 Å². The van der Waals surface area contributed by atoms with E-state index in [9.17, 15) is 4.79 Å². The van der Waals surface area contributed by atoms with Gasteiger partial charge in [-0.25, -0.2) is 14.8 Å². The second-order valence-corrected chi connectivity index (χ2v) is 7.90. The molecule has 1 aliphatic rings. The third-order valence-corrected chi connectivity index (χ3v) is 5.64. The van der Waals surface area contributed by atoms with Gasteiger partial charge in [0.2, 0.25) is 0 Å². The predicted octanol–water partition coefficient (Wildman–Crippen LogP) is 3.75. The van der Waals surface area contributed by atoms with Gasteiger partial charge in [-0.05, 0) is 49.7 Å². The highest BCUT2D eigenvalue weighted by atomic mass is 35.5. The van der Waals surface area contributed by atoms with Crippen LogP contribution in [0.15, 0.2) is 42.7 Å². The number of hydrogen-bond acceptors (Lipinski definition) is 8. The molecule has 9 heteroatoms. The quantitative estimate of drug-likeness (QED) is 0.519. The Labute approximate surface area is 191 Å². The Bertz CT molecular complexity index is 1100. The van der Waals surface area contributed by atoms with Gasteiger partial charge < -0.3 is 24.8 Å². The molecule has 32 heavy (non-hydrogen) atoms. The molecule has 2 N–H and O–H groups in total. The summed E-state index contributed by atoms with van der Waals surface area (Å²) < 4.78 is 16.8. The molecule has 0 spiro atoms. The van der Waals surface area contributed by atoms with Crippen molar-refractivity contribution in [1.29, 1.82) is 0 Å². The lowest BCUT2D eigenvalue weighted by Crippen LogP contribution is -2.34. The van der Waals surface area contributed by atoms with Gasteiger partial charge in [0, 0.05) is 16.5 Å². The first kappa shape index (κ1) is 22.1. The van der Waals surface area contributed by atoms with Gasteiger partial charge in [-0.2, -0.15) is 0 Å². The number of methoxy groups -OCH3 is 2. The number of piperidine rings is 1. The number of carbonyl (C=O) groups is 1. The number of aromatic nitrogens is 2. The van der Waals surface area contributed by atoms with E-state index in [1.54, 1.807) is 31.4 Å². The number of nitrogens with one attached hydrogen (secondary N) is 2. The Morgan fingerprint density at radius 3 is 2.69 bits per heavy atom. The fraction of sp³-hybridized carbons (Fsp3) is 0.348. The molecule has 1 atom stereocenters. The lowest BCUT2D eigenvalue weighted by Gasteiger charge is -2.25. The van der Waals surface area contributed by atoms with Gasteiger partial charge in [0.15, 0.2) is 17.5 Å². The van der Waals surface area contributed by atoms with E-state index < -0.39 is 12.0 Å². The minimum Gasteiger partial charge on any atom is -0.493 e. The highest BCUT2D eigenvalue weighted by Gasteiger charge is 2.24. The van der Waals surface area contributed by atoms with Crippen LogP contribution in [0, 0.1) is 0 Å².